The number of halogens is 2. The van der Waals surface area contributed by atoms with E-state index in [1.165, 1.54) is 7.11 Å². The Hall–Kier alpha value is -1.20. The molecule has 15 heavy (non-hydrogen) atoms. The Morgan fingerprint density at radius 1 is 1.40 bits per heavy atom. The van der Waals surface area contributed by atoms with Crippen LogP contribution >= 0.6 is 0 Å². The highest BCUT2D eigenvalue weighted by atomic mass is 19.1. The molecule has 0 fully saturated rings. The lowest BCUT2D eigenvalue weighted by Crippen LogP contribution is -2.10. The predicted molar refractivity (Wildman–Crippen MR) is 51.5 cm³/mol. The van der Waals surface area contributed by atoms with Gasteiger partial charge in [0.1, 0.15) is 17.4 Å². The minimum absolute atomic E-state index is 0.0775. The molecular weight excluding hydrogens is 204 g/mol. The fourth-order valence-corrected chi connectivity index (χ4v) is 1.30. The minimum Gasteiger partial charge on any atom is -0.497 e. The van der Waals surface area contributed by atoms with Crippen molar-refractivity contribution in [2.24, 2.45) is 5.73 Å². The average Bonchev–Trinajstić information content (AvgIpc) is 2.16. The molecule has 0 aliphatic rings. The third-order valence-electron chi connectivity index (χ3n) is 2.06. The van der Waals surface area contributed by atoms with Gasteiger partial charge in [-0.1, -0.05) is 0 Å². The first-order valence-electron chi connectivity index (χ1n) is 4.51. The predicted octanol–water partition coefficient (Wildman–Crippen LogP) is 1.36. The van der Waals surface area contributed by atoms with Gasteiger partial charge in [0.05, 0.1) is 18.8 Å². The summed E-state index contributed by atoms with van der Waals surface area (Å²) < 4.78 is 31.4. The first-order valence-corrected chi connectivity index (χ1v) is 4.51. The molecule has 0 radical (unpaired) electrons. The Bertz CT molecular complexity index is 321. The standard InChI is InChI=1S/C10H13F2NO2/c1-15-6-4-7(11)10(8(12)5-6)9(14)2-3-13/h4-5,9,14H,2-3,13H2,1H3/t9-/m0/s1. The van der Waals surface area contributed by atoms with E-state index in [2.05, 4.69) is 4.74 Å². The van der Waals surface area contributed by atoms with Gasteiger partial charge in [0.2, 0.25) is 0 Å². The maximum atomic E-state index is 13.4. The molecule has 1 aromatic carbocycles. The largest absolute Gasteiger partial charge is 0.497 e. The van der Waals surface area contributed by atoms with Crippen LogP contribution in [0, 0.1) is 11.6 Å². The summed E-state index contributed by atoms with van der Waals surface area (Å²) in [6, 6.07) is 2.05. The molecule has 0 aliphatic carbocycles. The second kappa shape index (κ2) is 5.04. The number of hydrogen-bond acceptors (Lipinski definition) is 3. The highest BCUT2D eigenvalue weighted by Gasteiger charge is 2.18. The Kier molecular flexibility index (Phi) is 3.99. The average molecular weight is 217 g/mol. The van der Waals surface area contributed by atoms with Crippen molar-refractivity contribution in [3.63, 3.8) is 0 Å². The number of ether oxygens (including phenoxy) is 1. The van der Waals surface area contributed by atoms with Crippen molar-refractivity contribution in [1.29, 1.82) is 0 Å². The van der Waals surface area contributed by atoms with E-state index < -0.39 is 17.7 Å². The monoisotopic (exact) mass is 217 g/mol. The van der Waals surface area contributed by atoms with Gasteiger partial charge in [-0.2, -0.15) is 0 Å². The van der Waals surface area contributed by atoms with E-state index in [-0.39, 0.29) is 24.3 Å². The van der Waals surface area contributed by atoms with Crippen LogP contribution < -0.4 is 10.5 Å². The highest BCUT2D eigenvalue weighted by molar-refractivity contribution is 5.31. The van der Waals surface area contributed by atoms with Gasteiger partial charge in [0.15, 0.2) is 0 Å². The molecule has 0 heterocycles. The quantitative estimate of drug-likeness (QED) is 0.800. The van der Waals surface area contributed by atoms with Crippen LogP contribution in [-0.2, 0) is 0 Å². The van der Waals surface area contributed by atoms with Crippen LogP contribution in [0.3, 0.4) is 0 Å². The van der Waals surface area contributed by atoms with Crippen molar-refractivity contribution in [1.82, 2.24) is 0 Å². The van der Waals surface area contributed by atoms with Crippen molar-refractivity contribution in [2.45, 2.75) is 12.5 Å². The molecule has 0 bridgehead atoms. The SMILES string of the molecule is COc1cc(F)c([C@@H](O)CCN)c(F)c1. The van der Waals surface area contributed by atoms with Gasteiger partial charge in [-0.05, 0) is 13.0 Å². The number of benzene rings is 1. The van der Waals surface area contributed by atoms with Crippen molar-refractivity contribution in [2.75, 3.05) is 13.7 Å². The van der Waals surface area contributed by atoms with Gasteiger partial charge in [-0.15, -0.1) is 0 Å². The summed E-state index contributed by atoms with van der Waals surface area (Å²) in [5, 5.41) is 9.44. The molecule has 1 atom stereocenters. The lowest BCUT2D eigenvalue weighted by Gasteiger charge is -2.12. The highest BCUT2D eigenvalue weighted by Crippen LogP contribution is 2.26. The number of nitrogens with two attached hydrogens (primary N) is 1. The zero-order valence-electron chi connectivity index (χ0n) is 8.34. The number of hydrogen-bond donors (Lipinski definition) is 2. The third-order valence-corrected chi connectivity index (χ3v) is 2.06. The summed E-state index contributed by atoms with van der Waals surface area (Å²) in [6.45, 7) is 0.159. The number of aliphatic hydroxyl groups excluding tert-OH is 1. The van der Waals surface area contributed by atoms with Crippen LogP contribution in [0.25, 0.3) is 0 Å². The van der Waals surface area contributed by atoms with Crippen LogP contribution in [0.1, 0.15) is 18.1 Å². The number of methoxy groups -OCH3 is 1. The van der Waals surface area contributed by atoms with Crippen LogP contribution in [0.2, 0.25) is 0 Å². The summed E-state index contributed by atoms with van der Waals surface area (Å²) >= 11 is 0. The normalized spacial score (nSPS) is 12.6. The van der Waals surface area contributed by atoms with E-state index in [1.54, 1.807) is 0 Å². The van der Waals surface area contributed by atoms with E-state index in [9.17, 15) is 13.9 Å². The van der Waals surface area contributed by atoms with Gasteiger partial charge in [-0.25, -0.2) is 8.78 Å². The fraction of sp³-hybridized carbons (Fsp3) is 0.400. The summed E-state index contributed by atoms with van der Waals surface area (Å²) in [4.78, 5) is 0. The van der Waals surface area contributed by atoms with E-state index in [0.29, 0.717) is 0 Å². The Labute approximate surface area is 86.5 Å². The zero-order valence-corrected chi connectivity index (χ0v) is 8.34. The molecule has 0 aliphatic heterocycles. The molecule has 0 spiro atoms. The van der Waals surface area contributed by atoms with Crippen molar-refractivity contribution in [3.8, 4) is 5.75 Å². The smallest absolute Gasteiger partial charge is 0.135 e. The van der Waals surface area contributed by atoms with Crippen molar-refractivity contribution < 1.29 is 18.6 Å². The Morgan fingerprint density at radius 3 is 2.33 bits per heavy atom. The molecule has 0 saturated heterocycles. The third kappa shape index (κ3) is 2.64. The molecule has 5 heteroatoms. The lowest BCUT2D eigenvalue weighted by atomic mass is 10.1. The van der Waals surface area contributed by atoms with Crippen molar-refractivity contribution in [3.05, 3.63) is 29.3 Å². The van der Waals surface area contributed by atoms with Crippen molar-refractivity contribution >= 4 is 0 Å². The summed E-state index contributed by atoms with van der Waals surface area (Å²) in [7, 11) is 1.31. The van der Waals surface area contributed by atoms with Gasteiger partial charge in [-0.3, -0.25) is 0 Å². The zero-order chi connectivity index (χ0) is 11.4. The fourth-order valence-electron chi connectivity index (χ4n) is 1.30. The molecule has 3 N–H and O–H groups in total. The second-order valence-corrected chi connectivity index (χ2v) is 3.10. The summed E-state index contributed by atoms with van der Waals surface area (Å²) in [5.41, 5.74) is 4.83. The van der Waals surface area contributed by atoms with E-state index in [0.717, 1.165) is 12.1 Å². The van der Waals surface area contributed by atoms with Gasteiger partial charge >= 0.3 is 0 Å². The van der Waals surface area contributed by atoms with Crippen LogP contribution in [0.4, 0.5) is 8.78 Å². The van der Waals surface area contributed by atoms with Crippen LogP contribution in [0.15, 0.2) is 12.1 Å². The molecule has 1 aromatic rings. The molecule has 84 valence electrons. The maximum Gasteiger partial charge on any atom is 0.135 e. The number of aliphatic hydroxyl groups is 1. The van der Waals surface area contributed by atoms with E-state index in [4.69, 9.17) is 5.73 Å². The van der Waals surface area contributed by atoms with Gasteiger partial charge in [0, 0.05) is 12.1 Å². The molecular formula is C10H13F2NO2. The topological polar surface area (TPSA) is 55.5 Å². The van der Waals surface area contributed by atoms with Crippen LogP contribution in [-0.4, -0.2) is 18.8 Å². The van der Waals surface area contributed by atoms with E-state index in [1.807, 2.05) is 0 Å². The van der Waals surface area contributed by atoms with E-state index >= 15 is 0 Å². The van der Waals surface area contributed by atoms with Gasteiger partial charge in [0.25, 0.3) is 0 Å². The van der Waals surface area contributed by atoms with Crippen LogP contribution in [0.5, 0.6) is 5.75 Å². The molecule has 1 rings (SSSR count). The first-order chi connectivity index (χ1) is 7.10. The molecule has 0 unspecified atom stereocenters. The number of rotatable bonds is 4. The Morgan fingerprint density at radius 2 is 1.93 bits per heavy atom. The molecule has 0 aromatic heterocycles. The summed E-state index contributed by atoms with van der Waals surface area (Å²) in [5.74, 6) is -1.57. The molecule has 3 nitrogen and oxygen atoms in total. The molecule has 0 saturated carbocycles. The minimum atomic E-state index is -1.22. The maximum absolute atomic E-state index is 13.4. The summed E-state index contributed by atoms with van der Waals surface area (Å²) in [6.07, 6.45) is -1.11. The van der Waals surface area contributed by atoms with Gasteiger partial charge < -0.3 is 15.6 Å². The second-order valence-electron chi connectivity index (χ2n) is 3.10. The lowest BCUT2D eigenvalue weighted by molar-refractivity contribution is 0.160. The first kappa shape index (κ1) is 11.9. The molecule has 0 amide bonds. The Balaban J connectivity index is 3.07.